The van der Waals surface area contributed by atoms with Crippen molar-refractivity contribution in [3.8, 4) is 0 Å². The highest BCUT2D eigenvalue weighted by molar-refractivity contribution is 6.42. The smallest absolute Gasteiger partial charge is 0.132 e. The fourth-order valence-corrected chi connectivity index (χ4v) is 2.20. The lowest BCUT2D eigenvalue weighted by molar-refractivity contribution is 0.214. The summed E-state index contributed by atoms with van der Waals surface area (Å²) in [7, 11) is 0. The molecule has 1 atom stereocenters. The molecule has 2 aromatic rings. The number of aliphatic hydroxyl groups excluding tert-OH is 1. The van der Waals surface area contributed by atoms with Gasteiger partial charge in [0, 0.05) is 17.2 Å². The molecule has 0 heterocycles. The van der Waals surface area contributed by atoms with Crippen LogP contribution in [0.25, 0.3) is 0 Å². The van der Waals surface area contributed by atoms with Crippen molar-refractivity contribution in [1.82, 2.24) is 0 Å². The maximum atomic E-state index is 13.7. The Balaban J connectivity index is 2.53. The van der Waals surface area contributed by atoms with Gasteiger partial charge in [0.15, 0.2) is 0 Å². The Morgan fingerprint density at radius 1 is 1.05 bits per heavy atom. The van der Waals surface area contributed by atoms with Crippen molar-refractivity contribution < 1.29 is 13.9 Å². The molecule has 0 spiro atoms. The highest BCUT2D eigenvalue weighted by atomic mass is 35.5. The topological polar surface area (TPSA) is 20.2 Å². The first kappa shape index (κ1) is 14.3. The predicted molar refractivity (Wildman–Crippen MR) is 71.6 cm³/mol. The van der Waals surface area contributed by atoms with E-state index in [1.165, 1.54) is 19.1 Å². The van der Waals surface area contributed by atoms with Crippen LogP contribution in [0.4, 0.5) is 8.78 Å². The molecule has 5 heteroatoms. The normalized spacial score (nSPS) is 12.5. The number of aliphatic hydroxyl groups is 1. The first-order valence-electron chi connectivity index (χ1n) is 5.49. The summed E-state index contributed by atoms with van der Waals surface area (Å²) in [6.45, 7) is 1.49. The Hall–Kier alpha value is -1.16. The second-order valence-corrected chi connectivity index (χ2v) is 4.95. The van der Waals surface area contributed by atoms with Gasteiger partial charge in [0.05, 0.1) is 10.0 Å². The lowest BCUT2D eigenvalue weighted by atomic mass is 9.99. The van der Waals surface area contributed by atoms with Crippen LogP contribution in [0.3, 0.4) is 0 Å². The molecule has 0 aromatic heterocycles. The lowest BCUT2D eigenvalue weighted by Gasteiger charge is -2.15. The third-order valence-corrected chi connectivity index (χ3v) is 3.68. The standard InChI is InChI=1S/C14H10Cl2F2O/c1-7-5-9(12(18)6-11(7)17)14(19)8-3-2-4-10(15)13(8)16/h2-6,14,19H,1H3. The molecule has 0 saturated carbocycles. The van der Waals surface area contributed by atoms with Crippen LogP contribution in [0, 0.1) is 18.6 Å². The number of hydrogen-bond acceptors (Lipinski definition) is 1. The van der Waals surface area contributed by atoms with E-state index in [4.69, 9.17) is 23.2 Å². The van der Waals surface area contributed by atoms with Gasteiger partial charge in [-0.25, -0.2) is 8.78 Å². The molecule has 0 amide bonds. The van der Waals surface area contributed by atoms with Crippen LogP contribution in [0.15, 0.2) is 30.3 Å². The zero-order chi connectivity index (χ0) is 14.2. The number of rotatable bonds is 2. The molecule has 2 aromatic carbocycles. The van der Waals surface area contributed by atoms with Gasteiger partial charge in [-0.2, -0.15) is 0 Å². The maximum absolute atomic E-state index is 13.7. The van der Waals surface area contributed by atoms with Gasteiger partial charge in [-0.1, -0.05) is 35.3 Å². The van der Waals surface area contributed by atoms with Crippen LogP contribution in [-0.2, 0) is 0 Å². The lowest BCUT2D eigenvalue weighted by Crippen LogP contribution is -2.05. The Kier molecular flexibility index (Phi) is 4.09. The fraction of sp³-hybridized carbons (Fsp3) is 0.143. The molecule has 0 aliphatic rings. The summed E-state index contributed by atoms with van der Waals surface area (Å²) in [5.41, 5.74) is 0.482. The van der Waals surface area contributed by atoms with Crippen LogP contribution in [-0.4, -0.2) is 5.11 Å². The number of halogens is 4. The van der Waals surface area contributed by atoms with E-state index in [0.29, 0.717) is 0 Å². The van der Waals surface area contributed by atoms with Crippen molar-refractivity contribution in [2.24, 2.45) is 0 Å². The molecule has 0 aliphatic carbocycles. The van der Waals surface area contributed by atoms with Crippen LogP contribution < -0.4 is 0 Å². The van der Waals surface area contributed by atoms with E-state index >= 15 is 0 Å². The zero-order valence-electron chi connectivity index (χ0n) is 9.92. The Bertz CT molecular complexity index is 629. The number of aryl methyl sites for hydroxylation is 1. The Labute approximate surface area is 119 Å². The van der Waals surface area contributed by atoms with E-state index < -0.39 is 17.7 Å². The van der Waals surface area contributed by atoms with Crippen molar-refractivity contribution in [1.29, 1.82) is 0 Å². The van der Waals surface area contributed by atoms with Gasteiger partial charge in [-0.05, 0) is 24.6 Å². The summed E-state index contributed by atoms with van der Waals surface area (Å²) in [6.07, 6.45) is -1.30. The highest BCUT2D eigenvalue weighted by Crippen LogP contribution is 2.34. The minimum Gasteiger partial charge on any atom is -0.383 e. The average molecular weight is 303 g/mol. The molecule has 0 radical (unpaired) electrons. The zero-order valence-corrected chi connectivity index (χ0v) is 11.4. The average Bonchev–Trinajstić information content (AvgIpc) is 2.36. The molecular formula is C14H10Cl2F2O. The molecule has 1 nitrogen and oxygen atoms in total. The van der Waals surface area contributed by atoms with E-state index in [2.05, 4.69) is 0 Å². The molecule has 2 rings (SSSR count). The summed E-state index contributed by atoms with van der Waals surface area (Å²) >= 11 is 11.8. The molecule has 1 N–H and O–H groups in total. The van der Waals surface area contributed by atoms with Crippen LogP contribution in [0.1, 0.15) is 22.8 Å². The molecule has 0 fully saturated rings. The third-order valence-electron chi connectivity index (χ3n) is 2.85. The maximum Gasteiger partial charge on any atom is 0.132 e. The Morgan fingerprint density at radius 3 is 2.42 bits per heavy atom. The largest absolute Gasteiger partial charge is 0.383 e. The quantitative estimate of drug-likeness (QED) is 0.855. The molecular weight excluding hydrogens is 293 g/mol. The van der Waals surface area contributed by atoms with Crippen LogP contribution in [0.2, 0.25) is 10.0 Å². The van der Waals surface area contributed by atoms with Crippen molar-refractivity contribution in [2.75, 3.05) is 0 Å². The highest BCUT2D eigenvalue weighted by Gasteiger charge is 2.20. The monoisotopic (exact) mass is 302 g/mol. The second-order valence-electron chi connectivity index (χ2n) is 4.17. The van der Waals surface area contributed by atoms with E-state index in [1.54, 1.807) is 12.1 Å². The van der Waals surface area contributed by atoms with Gasteiger partial charge < -0.3 is 5.11 Å². The van der Waals surface area contributed by atoms with Gasteiger partial charge in [0.25, 0.3) is 0 Å². The third kappa shape index (κ3) is 2.73. The summed E-state index contributed by atoms with van der Waals surface area (Å²) < 4.78 is 26.9. The van der Waals surface area contributed by atoms with E-state index in [9.17, 15) is 13.9 Å². The van der Waals surface area contributed by atoms with Gasteiger partial charge in [0.1, 0.15) is 17.7 Å². The number of benzene rings is 2. The minimum absolute atomic E-state index is 0.0388. The van der Waals surface area contributed by atoms with Gasteiger partial charge in [0.2, 0.25) is 0 Å². The fourth-order valence-electron chi connectivity index (χ4n) is 1.79. The summed E-state index contributed by atoms with van der Waals surface area (Å²) in [6, 6.07) is 6.70. The van der Waals surface area contributed by atoms with Crippen LogP contribution in [0.5, 0.6) is 0 Å². The summed E-state index contributed by atoms with van der Waals surface area (Å²) in [4.78, 5) is 0. The summed E-state index contributed by atoms with van der Waals surface area (Å²) in [5, 5.41) is 10.6. The minimum atomic E-state index is -1.30. The van der Waals surface area contributed by atoms with Gasteiger partial charge in [-0.3, -0.25) is 0 Å². The first-order valence-corrected chi connectivity index (χ1v) is 6.25. The summed E-state index contributed by atoms with van der Waals surface area (Å²) in [5.74, 6) is -1.49. The molecule has 0 bridgehead atoms. The van der Waals surface area contributed by atoms with E-state index in [1.807, 2.05) is 0 Å². The molecule has 1 unspecified atom stereocenters. The first-order chi connectivity index (χ1) is 8.91. The van der Waals surface area contributed by atoms with Crippen LogP contribution >= 0.6 is 23.2 Å². The van der Waals surface area contributed by atoms with Crippen molar-refractivity contribution in [3.05, 3.63) is 68.7 Å². The van der Waals surface area contributed by atoms with E-state index in [-0.39, 0.29) is 26.7 Å². The molecule has 0 saturated heterocycles. The van der Waals surface area contributed by atoms with Crippen molar-refractivity contribution in [3.63, 3.8) is 0 Å². The van der Waals surface area contributed by atoms with E-state index in [0.717, 1.165) is 6.07 Å². The van der Waals surface area contributed by atoms with Crippen molar-refractivity contribution >= 4 is 23.2 Å². The Morgan fingerprint density at radius 2 is 1.74 bits per heavy atom. The molecule has 0 aliphatic heterocycles. The number of hydrogen-bond donors (Lipinski definition) is 1. The van der Waals surface area contributed by atoms with Crippen molar-refractivity contribution in [2.45, 2.75) is 13.0 Å². The molecule has 100 valence electrons. The van der Waals surface area contributed by atoms with Gasteiger partial charge >= 0.3 is 0 Å². The SMILES string of the molecule is Cc1cc(C(O)c2cccc(Cl)c2Cl)c(F)cc1F. The predicted octanol–water partition coefficient (Wildman–Crippen LogP) is 4.66. The van der Waals surface area contributed by atoms with Gasteiger partial charge in [-0.15, -0.1) is 0 Å². The molecule has 19 heavy (non-hydrogen) atoms. The second kappa shape index (κ2) is 5.45.